The van der Waals surface area contributed by atoms with E-state index in [1.807, 2.05) is 0 Å². The van der Waals surface area contributed by atoms with Crippen LogP contribution in [0.4, 0.5) is 0 Å². The third-order valence-corrected chi connectivity index (χ3v) is 14.1. The van der Waals surface area contributed by atoms with Crippen molar-refractivity contribution in [3.05, 3.63) is 12.2 Å². The molecule has 0 aromatic rings. The van der Waals surface area contributed by atoms with Gasteiger partial charge >= 0.3 is 19.8 Å². The Bertz CT molecular complexity index is 1220. The third-order valence-electron chi connectivity index (χ3n) is 13.1. The number of allylic oxidation sites excluding steroid dienone is 2. The molecule has 1 saturated carbocycles. The second-order valence-electron chi connectivity index (χ2n) is 19.4. The number of esters is 2. The summed E-state index contributed by atoms with van der Waals surface area (Å²) in [5.41, 5.74) is 0. The molecule has 396 valence electrons. The SMILES string of the molecule is CCCCCCCC/C=C\CCCCCCCCCCCC(=O)OC(COC(=O)CCCCCCCCCCCCCCCCCCCCC)COP(=O)(O)OC1C(O)C(O)C(O)C(O)C1O. The van der Waals surface area contributed by atoms with Gasteiger partial charge in [0.2, 0.25) is 0 Å². The zero-order chi connectivity index (χ0) is 49.2. The van der Waals surface area contributed by atoms with E-state index >= 15 is 0 Å². The molecule has 1 fully saturated rings. The fraction of sp³-hybridized carbons (Fsp3) is 0.925. The molecule has 6 N–H and O–H groups in total. The van der Waals surface area contributed by atoms with Crippen LogP contribution >= 0.6 is 7.82 Å². The summed E-state index contributed by atoms with van der Waals surface area (Å²) < 4.78 is 33.7. The van der Waals surface area contributed by atoms with Crippen molar-refractivity contribution in [2.24, 2.45) is 0 Å². The first-order valence-electron chi connectivity index (χ1n) is 27.5. The van der Waals surface area contributed by atoms with E-state index in [0.717, 1.165) is 51.4 Å². The fourth-order valence-corrected chi connectivity index (χ4v) is 9.67. The summed E-state index contributed by atoms with van der Waals surface area (Å²) in [6.45, 7) is 3.35. The molecule has 0 aliphatic heterocycles. The highest BCUT2D eigenvalue weighted by molar-refractivity contribution is 7.47. The Balaban J connectivity index is 2.35. The fourth-order valence-electron chi connectivity index (χ4n) is 8.70. The zero-order valence-electron chi connectivity index (χ0n) is 42.5. The molecule has 1 rings (SSSR count). The zero-order valence-corrected chi connectivity index (χ0v) is 43.4. The van der Waals surface area contributed by atoms with Gasteiger partial charge in [-0.05, 0) is 38.5 Å². The van der Waals surface area contributed by atoms with Crippen LogP contribution in [0.5, 0.6) is 0 Å². The van der Waals surface area contributed by atoms with Gasteiger partial charge in [-0.3, -0.25) is 18.6 Å². The van der Waals surface area contributed by atoms with E-state index in [2.05, 4.69) is 26.0 Å². The number of phosphoric acid groups is 1. The van der Waals surface area contributed by atoms with Crippen LogP contribution in [-0.4, -0.2) is 98.3 Å². The molecule has 13 nitrogen and oxygen atoms in total. The molecular weight excluding hydrogens is 876 g/mol. The summed E-state index contributed by atoms with van der Waals surface area (Å²) in [6, 6.07) is 0. The number of ether oxygens (including phenoxy) is 2. The number of carbonyl (C=O) groups is 2. The maximum atomic E-state index is 12.9. The Morgan fingerprint density at radius 3 is 1.13 bits per heavy atom. The van der Waals surface area contributed by atoms with Crippen molar-refractivity contribution in [2.45, 2.75) is 301 Å². The quantitative estimate of drug-likeness (QED) is 0.0145. The molecular formula is C53H101O13P. The summed E-state index contributed by atoms with van der Waals surface area (Å²) in [6.07, 6.45) is 35.4. The Morgan fingerprint density at radius 2 is 0.761 bits per heavy atom. The molecule has 14 heteroatoms. The van der Waals surface area contributed by atoms with Gasteiger partial charge in [0.25, 0.3) is 0 Å². The van der Waals surface area contributed by atoms with Crippen molar-refractivity contribution in [1.82, 2.24) is 0 Å². The lowest BCUT2D eigenvalue weighted by molar-refractivity contribution is -0.220. The van der Waals surface area contributed by atoms with Crippen LogP contribution in [0.25, 0.3) is 0 Å². The minimum Gasteiger partial charge on any atom is -0.462 e. The molecule has 0 saturated heterocycles. The minimum absolute atomic E-state index is 0.0992. The first-order chi connectivity index (χ1) is 32.4. The van der Waals surface area contributed by atoms with Gasteiger partial charge in [-0.25, -0.2) is 4.57 Å². The number of phosphoric ester groups is 1. The molecule has 6 unspecified atom stereocenters. The van der Waals surface area contributed by atoms with Gasteiger partial charge in [0.15, 0.2) is 6.10 Å². The van der Waals surface area contributed by atoms with E-state index in [9.17, 15) is 44.6 Å². The number of aliphatic hydroxyl groups excluding tert-OH is 5. The maximum absolute atomic E-state index is 12.9. The van der Waals surface area contributed by atoms with Crippen LogP contribution in [-0.2, 0) is 32.7 Å². The standard InChI is InChI=1S/C53H101O13P/c1-3-5-7-9-11-13-15-17-19-21-23-25-27-29-31-33-35-37-39-41-46(54)63-43-45(44-64-67(61,62)66-53-51(59)49(57)48(56)50(58)52(53)60)65-47(55)42-40-38-36-34-32-30-28-26-24-22-20-18-16-14-12-10-8-6-4-2/h18,20,45,48-53,56-60H,3-17,19,21-44H2,1-2H3,(H,61,62)/b20-18-. The molecule has 0 bridgehead atoms. The third kappa shape index (κ3) is 35.4. The van der Waals surface area contributed by atoms with Crippen LogP contribution in [0.2, 0.25) is 0 Å². The molecule has 0 aromatic carbocycles. The first-order valence-corrected chi connectivity index (χ1v) is 29.0. The number of carbonyl (C=O) groups excluding carboxylic acids is 2. The summed E-state index contributed by atoms with van der Waals surface area (Å²) in [5.74, 6) is -1.08. The largest absolute Gasteiger partial charge is 0.472 e. The summed E-state index contributed by atoms with van der Waals surface area (Å²) in [4.78, 5) is 35.9. The van der Waals surface area contributed by atoms with Gasteiger partial charge in [-0.1, -0.05) is 219 Å². The Morgan fingerprint density at radius 1 is 0.448 bits per heavy atom. The molecule has 0 amide bonds. The van der Waals surface area contributed by atoms with Gasteiger partial charge in [-0.2, -0.15) is 0 Å². The average molecular weight is 977 g/mol. The Kier molecular flexibility index (Phi) is 41.2. The lowest BCUT2D eigenvalue weighted by atomic mass is 9.85. The Hall–Kier alpha value is -1.41. The highest BCUT2D eigenvalue weighted by Gasteiger charge is 2.51. The number of hydrogen-bond acceptors (Lipinski definition) is 12. The molecule has 1 aliphatic carbocycles. The molecule has 6 atom stereocenters. The van der Waals surface area contributed by atoms with Gasteiger partial charge in [0, 0.05) is 12.8 Å². The van der Waals surface area contributed by atoms with Gasteiger partial charge < -0.3 is 39.9 Å². The van der Waals surface area contributed by atoms with Gasteiger partial charge in [0.05, 0.1) is 6.61 Å². The topological polar surface area (TPSA) is 210 Å². The van der Waals surface area contributed by atoms with Crippen molar-refractivity contribution >= 4 is 19.8 Å². The number of hydrogen-bond donors (Lipinski definition) is 6. The molecule has 0 heterocycles. The second-order valence-corrected chi connectivity index (χ2v) is 20.9. The molecule has 0 aromatic heterocycles. The summed E-state index contributed by atoms with van der Waals surface area (Å²) in [5, 5.41) is 50.3. The van der Waals surface area contributed by atoms with Crippen molar-refractivity contribution in [3.8, 4) is 0 Å². The molecule has 0 spiro atoms. The first kappa shape index (κ1) is 63.6. The predicted octanol–water partition coefficient (Wildman–Crippen LogP) is 12.2. The van der Waals surface area contributed by atoms with Crippen LogP contribution < -0.4 is 0 Å². The van der Waals surface area contributed by atoms with E-state index in [1.165, 1.54) is 167 Å². The number of unbranched alkanes of at least 4 members (excludes halogenated alkanes) is 33. The summed E-state index contributed by atoms with van der Waals surface area (Å²) >= 11 is 0. The van der Waals surface area contributed by atoms with Crippen LogP contribution in [0, 0.1) is 0 Å². The van der Waals surface area contributed by atoms with Crippen molar-refractivity contribution < 1.29 is 63.1 Å². The van der Waals surface area contributed by atoms with E-state index < -0.39 is 75.7 Å². The summed E-state index contributed by atoms with van der Waals surface area (Å²) in [7, 11) is -5.12. The van der Waals surface area contributed by atoms with Crippen LogP contribution in [0.1, 0.15) is 258 Å². The molecule has 1 aliphatic rings. The second kappa shape index (κ2) is 43.4. The molecule has 67 heavy (non-hydrogen) atoms. The normalized spacial score (nSPS) is 21.1. The van der Waals surface area contributed by atoms with Crippen LogP contribution in [0.3, 0.4) is 0 Å². The predicted molar refractivity (Wildman–Crippen MR) is 267 cm³/mol. The monoisotopic (exact) mass is 977 g/mol. The van der Waals surface area contributed by atoms with E-state index in [0.29, 0.717) is 12.8 Å². The van der Waals surface area contributed by atoms with Crippen molar-refractivity contribution in [2.75, 3.05) is 13.2 Å². The van der Waals surface area contributed by atoms with E-state index in [1.54, 1.807) is 0 Å². The number of rotatable bonds is 47. The number of aliphatic hydroxyl groups is 5. The smallest absolute Gasteiger partial charge is 0.462 e. The van der Waals surface area contributed by atoms with Crippen molar-refractivity contribution in [3.63, 3.8) is 0 Å². The van der Waals surface area contributed by atoms with Gasteiger partial charge in [-0.15, -0.1) is 0 Å². The van der Waals surface area contributed by atoms with Crippen LogP contribution in [0.15, 0.2) is 12.2 Å². The minimum atomic E-state index is -5.12. The van der Waals surface area contributed by atoms with Crippen molar-refractivity contribution in [1.29, 1.82) is 0 Å². The highest BCUT2D eigenvalue weighted by atomic mass is 31.2. The lowest BCUT2D eigenvalue weighted by Crippen LogP contribution is -2.64. The molecule has 0 radical (unpaired) electrons. The lowest BCUT2D eigenvalue weighted by Gasteiger charge is -2.41. The van der Waals surface area contributed by atoms with E-state index in [-0.39, 0.29) is 12.8 Å². The average Bonchev–Trinajstić information content (AvgIpc) is 3.31. The van der Waals surface area contributed by atoms with E-state index in [4.69, 9.17) is 18.5 Å². The van der Waals surface area contributed by atoms with Gasteiger partial charge in [0.1, 0.15) is 43.2 Å². The highest BCUT2D eigenvalue weighted by Crippen LogP contribution is 2.47. The Labute approximate surface area is 407 Å². The maximum Gasteiger partial charge on any atom is 0.472 e.